The minimum atomic E-state index is -0.317. The molecule has 3 rings (SSSR count). The van der Waals surface area contributed by atoms with Crippen molar-refractivity contribution >= 4 is 5.91 Å². The summed E-state index contributed by atoms with van der Waals surface area (Å²) < 4.78 is 11.0. The van der Waals surface area contributed by atoms with Gasteiger partial charge in [0.25, 0.3) is 11.5 Å². The molecule has 2 aliphatic heterocycles. The molecule has 2 fully saturated rings. The molecule has 3 heterocycles. The topological polar surface area (TPSA) is 93.3 Å². The minimum absolute atomic E-state index is 0.0816. The number of hydrogen-bond acceptors (Lipinski definition) is 5. The van der Waals surface area contributed by atoms with Gasteiger partial charge in [-0.15, -0.1) is 0 Å². The smallest absolute Gasteiger partial charge is 0.271 e. The molecule has 0 spiro atoms. The monoisotopic (exact) mass is 307 g/mol. The van der Waals surface area contributed by atoms with E-state index in [0.29, 0.717) is 25.0 Å². The summed E-state index contributed by atoms with van der Waals surface area (Å²) in [6, 6.07) is 0.0816. The molecule has 7 heteroatoms. The zero-order valence-corrected chi connectivity index (χ0v) is 12.4. The van der Waals surface area contributed by atoms with Crippen LogP contribution in [0.25, 0.3) is 0 Å². The summed E-state index contributed by atoms with van der Waals surface area (Å²) in [6.45, 7) is 2.89. The lowest BCUT2D eigenvalue weighted by atomic mass is 9.79. The minimum Gasteiger partial charge on any atom is -0.381 e. The third-order valence-corrected chi connectivity index (χ3v) is 4.49. The Morgan fingerprint density at radius 1 is 1.23 bits per heavy atom. The van der Waals surface area contributed by atoms with Crippen LogP contribution in [0.15, 0.2) is 17.2 Å². The van der Waals surface area contributed by atoms with Gasteiger partial charge in [0.1, 0.15) is 5.69 Å². The molecule has 1 aromatic rings. The molecule has 2 saturated heterocycles. The fraction of sp³-hybridized carbons (Fsp3) is 0.667. The maximum atomic E-state index is 12.3. The van der Waals surface area contributed by atoms with E-state index in [1.54, 1.807) is 0 Å². The van der Waals surface area contributed by atoms with Crippen LogP contribution in [0.1, 0.15) is 29.8 Å². The molecule has 2 N–H and O–H groups in total. The Hall–Kier alpha value is -1.73. The van der Waals surface area contributed by atoms with E-state index in [1.165, 1.54) is 6.20 Å². The number of rotatable bonds is 3. The van der Waals surface area contributed by atoms with Crippen LogP contribution >= 0.6 is 0 Å². The third kappa shape index (κ3) is 3.53. The number of nitrogens with one attached hydrogen (secondary N) is 2. The summed E-state index contributed by atoms with van der Waals surface area (Å²) in [7, 11) is 0. The molecule has 1 amide bonds. The van der Waals surface area contributed by atoms with Gasteiger partial charge in [0.05, 0.1) is 12.8 Å². The Bertz CT molecular complexity index is 548. The number of carbonyl (C=O) groups excluding carboxylic acids is 1. The van der Waals surface area contributed by atoms with Crippen LogP contribution in [0.2, 0.25) is 0 Å². The predicted molar refractivity (Wildman–Crippen MR) is 78.6 cm³/mol. The summed E-state index contributed by atoms with van der Waals surface area (Å²) in [5.41, 5.74) is -0.0838. The van der Waals surface area contributed by atoms with Crippen molar-refractivity contribution in [2.45, 2.75) is 25.3 Å². The van der Waals surface area contributed by atoms with E-state index in [1.807, 2.05) is 0 Å². The number of H-pyrrole nitrogens is 1. The Morgan fingerprint density at radius 2 is 2.00 bits per heavy atom. The van der Waals surface area contributed by atoms with Crippen molar-refractivity contribution in [3.05, 3.63) is 28.4 Å². The maximum absolute atomic E-state index is 12.3. The average molecular weight is 307 g/mol. The van der Waals surface area contributed by atoms with Crippen molar-refractivity contribution in [3.63, 3.8) is 0 Å². The number of carbonyl (C=O) groups is 1. The third-order valence-electron chi connectivity index (χ3n) is 4.49. The average Bonchev–Trinajstić information content (AvgIpc) is 2.57. The van der Waals surface area contributed by atoms with Crippen LogP contribution in [-0.4, -0.2) is 48.3 Å². The van der Waals surface area contributed by atoms with E-state index in [0.717, 1.165) is 38.7 Å². The second kappa shape index (κ2) is 7.02. The van der Waals surface area contributed by atoms with E-state index >= 15 is 0 Å². The van der Waals surface area contributed by atoms with Crippen LogP contribution in [0.5, 0.6) is 0 Å². The van der Waals surface area contributed by atoms with Gasteiger partial charge >= 0.3 is 0 Å². The van der Waals surface area contributed by atoms with E-state index in [4.69, 9.17) is 9.47 Å². The second-order valence-corrected chi connectivity index (χ2v) is 5.85. The number of aromatic nitrogens is 2. The van der Waals surface area contributed by atoms with Gasteiger partial charge in [0.15, 0.2) is 0 Å². The second-order valence-electron chi connectivity index (χ2n) is 5.85. The zero-order valence-electron chi connectivity index (χ0n) is 12.4. The fourth-order valence-corrected chi connectivity index (χ4v) is 3.26. The van der Waals surface area contributed by atoms with E-state index in [2.05, 4.69) is 15.3 Å². The molecule has 120 valence electrons. The first-order chi connectivity index (χ1) is 10.7. The van der Waals surface area contributed by atoms with E-state index < -0.39 is 0 Å². The summed E-state index contributed by atoms with van der Waals surface area (Å²) in [4.78, 5) is 29.7. The lowest BCUT2D eigenvalue weighted by molar-refractivity contribution is -0.0259. The quantitative estimate of drug-likeness (QED) is 0.839. The van der Waals surface area contributed by atoms with Gasteiger partial charge in [-0.25, -0.2) is 4.98 Å². The number of nitrogens with zero attached hydrogens (tertiary/aromatic N) is 1. The van der Waals surface area contributed by atoms with Gasteiger partial charge in [0.2, 0.25) is 0 Å². The van der Waals surface area contributed by atoms with Crippen molar-refractivity contribution in [2.24, 2.45) is 11.8 Å². The van der Waals surface area contributed by atoms with Crippen molar-refractivity contribution < 1.29 is 14.3 Å². The van der Waals surface area contributed by atoms with Crippen LogP contribution in [0.3, 0.4) is 0 Å². The molecule has 0 unspecified atom stereocenters. The SMILES string of the molecule is O=C(N[C@H]1CCOC[C@H]1C1CCOCC1)c1c[nH]c(=O)cn1. The Morgan fingerprint density at radius 3 is 2.73 bits per heavy atom. The van der Waals surface area contributed by atoms with Crippen molar-refractivity contribution in [3.8, 4) is 0 Å². The van der Waals surface area contributed by atoms with Gasteiger partial charge < -0.3 is 19.8 Å². The standard InChI is InChI=1S/C15H21N3O4/c19-14-8-16-13(7-17-14)15(20)18-12-3-6-22-9-11(12)10-1-4-21-5-2-10/h7-8,10-12H,1-6,9H2,(H,17,19)(H,18,20)/t11-,12-/m0/s1. The molecule has 0 bridgehead atoms. The summed E-state index contributed by atoms with van der Waals surface area (Å²) >= 11 is 0. The fourth-order valence-electron chi connectivity index (χ4n) is 3.26. The summed E-state index contributed by atoms with van der Waals surface area (Å²) in [6.07, 6.45) is 5.29. The van der Waals surface area contributed by atoms with Gasteiger partial charge in [-0.3, -0.25) is 9.59 Å². The van der Waals surface area contributed by atoms with Crippen molar-refractivity contribution in [1.29, 1.82) is 0 Å². The van der Waals surface area contributed by atoms with Crippen LogP contribution < -0.4 is 10.9 Å². The number of ether oxygens (including phenoxy) is 2. The van der Waals surface area contributed by atoms with E-state index in [9.17, 15) is 9.59 Å². The molecule has 0 aliphatic carbocycles. The van der Waals surface area contributed by atoms with Gasteiger partial charge in [-0.2, -0.15) is 0 Å². The highest BCUT2D eigenvalue weighted by molar-refractivity contribution is 5.92. The molecule has 22 heavy (non-hydrogen) atoms. The van der Waals surface area contributed by atoms with Gasteiger partial charge in [0, 0.05) is 38.0 Å². The Kier molecular flexibility index (Phi) is 4.84. The zero-order chi connectivity index (χ0) is 15.4. The highest BCUT2D eigenvalue weighted by Gasteiger charge is 2.34. The number of aromatic amines is 1. The molecule has 0 radical (unpaired) electrons. The van der Waals surface area contributed by atoms with Crippen LogP contribution in [0, 0.1) is 11.8 Å². The van der Waals surface area contributed by atoms with Crippen molar-refractivity contribution in [2.75, 3.05) is 26.4 Å². The summed E-state index contributed by atoms with van der Waals surface area (Å²) in [5.74, 6) is 0.576. The maximum Gasteiger partial charge on any atom is 0.271 e. The van der Waals surface area contributed by atoms with E-state index in [-0.39, 0.29) is 23.2 Å². The van der Waals surface area contributed by atoms with Gasteiger partial charge in [-0.1, -0.05) is 0 Å². The lowest BCUT2D eigenvalue weighted by Crippen LogP contribution is -2.49. The molecule has 1 aromatic heterocycles. The molecular weight excluding hydrogens is 286 g/mol. The number of hydrogen-bond donors (Lipinski definition) is 2. The molecule has 0 saturated carbocycles. The first-order valence-corrected chi connectivity index (χ1v) is 7.75. The predicted octanol–water partition coefficient (Wildman–Crippen LogP) is 0.331. The first kappa shape index (κ1) is 15.2. The molecule has 2 atom stereocenters. The lowest BCUT2D eigenvalue weighted by Gasteiger charge is -2.38. The number of amides is 1. The molecular formula is C15H21N3O4. The molecule has 0 aromatic carbocycles. The van der Waals surface area contributed by atoms with Crippen LogP contribution in [0.4, 0.5) is 0 Å². The van der Waals surface area contributed by atoms with Crippen LogP contribution in [-0.2, 0) is 9.47 Å². The first-order valence-electron chi connectivity index (χ1n) is 7.75. The Balaban J connectivity index is 1.66. The Labute approximate surface area is 128 Å². The molecule has 7 nitrogen and oxygen atoms in total. The van der Waals surface area contributed by atoms with Crippen molar-refractivity contribution in [1.82, 2.24) is 15.3 Å². The highest BCUT2D eigenvalue weighted by Crippen LogP contribution is 2.30. The summed E-state index contributed by atoms with van der Waals surface area (Å²) in [5, 5.41) is 3.06. The largest absolute Gasteiger partial charge is 0.381 e. The normalized spacial score (nSPS) is 26.5. The molecule has 2 aliphatic rings. The van der Waals surface area contributed by atoms with Gasteiger partial charge in [-0.05, 0) is 25.2 Å². The highest BCUT2D eigenvalue weighted by atomic mass is 16.5.